The minimum Gasteiger partial charge on any atom is -0.508 e. The lowest BCUT2D eigenvalue weighted by Crippen LogP contribution is -2.31. The molecule has 4 heteroatoms. The van der Waals surface area contributed by atoms with Gasteiger partial charge in [-0.05, 0) is 57.1 Å². The topological polar surface area (TPSA) is 65.5 Å². The van der Waals surface area contributed by atoms with Crippen LogP contribution >= 0.6 is 0 Å². The van der Waals surface area contributed by atoms with Crippen molar-refractivity contribution in [3.63, 3.8) is 0 Å². The van der Waals surface area contributed by atoms with Crippen LogP contribution in [0, 0.1) is 0 Å². The number of aromatic hydroxyl groups is 2. The standard InChI is InChI=1S/C31H26O4/c32-20-11-9-19(10-12-20)31(27-7-3-1-5-23(27)24-6-2-4-8-28(24)31)29-13-14-30(33)26(16-22-18-35-22)25(29)15-21-17-34-21/h1-14,21-22,32-33H,15-18H2. The zero-order valence-corrected chi connectivity index (χ0v) is 19.3. The predicted octanol–water partition coefficient (Wildman–Crippen LogP) is 5.34. The smallest absolute Gasteiger partial charge is 0.119 e. The maximum Gasteiger partial charge on any atom is 0.119 e. The minimum atomic E-state index is -0.585. The van der Waals surface area contributed by atoms with E-state index in [0.29, 0.717) is 12.2 Å². The average molecular weight is 463 g/mol. The van der Waals surface area contributed by atoms with Gasteiger partial charge in [-0.2, -0.15) is 0 Å². The molecule has 4 nitrogen and oxygen atoms in total. The molecular weight excluding hydrogens is 436 g/mol. The van der Waals surface area contributed by atoms with Gasteiger partial charge in [-0.3, -0.25) is 0 Å². The first-order valence-electron chi connectivity index (χ1n) is 12.2. The first-order valence-corrected chi connectivity index (χ1v) is 12.2. The normalized spacial score (nSPS) is 20.8. The highest BCUT2D eigenvalue weighted by molar-refractivity contribution is 5.86. The molecule has 1 aliphatic carbocycles. The molecule has 0 radical (unpaired) electrons. The van der Waals surface area contributed by atoms with Crippen molar-refractivity contribution in [1.29, 1.82) is 0 Å². The number of hydrogen-bond donors (Lipinski definition) is 2. The first-order chi connectivity index (χ1) is 17.2. The molecule has 2 aliphatic heterocycles. The van der Waals surface area contributed by atoms with Gasteiger partial charge in [0.1, 0.15) is 11.5 Å². The van der Waals surface area contributed by atoms with Crippen molar-refractivity contribution < 1.29 is 19.7 Å². The molecule has 4 aromatic rings. The number of rotatable bonds is 6. The Morgan fingerprint density at radius 2 is 1.17 bits per heavy atom. The third-order valence-corrected chi connectivity index (χ3v) is 7.73. The summed E-state index contributed by atoms with van der Waals surface area (Å²) in [6, 6.07) is 28.7. The van der Waals surface area contributed by atoms with Gasteiger partial charge >= 0.3 is 0 Å². The van der Waals surface area contributed by atoms with Gasteiger partial charge in [0.25, 0.3) is 0 Å². The van der Waals surface area contributed by atoms with E-state index < -0.39 is 5.41 Å². The van der Waals surface area contributed by atoms with E-state index in [9.17, 15) is 10.2 Å². The summed E-state index contributed by atoms with van der Waals surface area (Å²) >= 11 is 0. The van der Waals surface area contributed by atoms with E-state index in [4.69, 9.17) is 9.47 Å². The highest BCUT2D eigenvalue weighted by Crippen LogP contribution is 2.57. The third kappa shape index (κ3) is 3.21. The quantitative estimate of drug-likeness (QED) is 0.334. The van der Waals surface area contributed by atoms with Crippen LogP contribution in [0.2, 0.25) is 0 Å². The molecule has 2 saturated heterocycles. The van der Waals surface area contributed by atoms with Crippen LogP contribution in [-0.2, 0) is 27.7 Å². The van der Waals surface area contributed by atoms with Gasteiger partial charge in [-0.15, -0.1) is 0 Å². The van der Waals surface area contributed by atoms with Gasteiger partial charge in [-0.25, -0.2) is 0 Å². The largest absolute Gasteiger partial charge is 0.508 e. The van der Waals surface area contributed by atoms with Crippen molar-refractivity contribution in [3.05, 3.63) is 118 Å². The molecule has 0 bridgehead atoms. The summed E-state index contributed by atoms with van der Waals surface area (Å²) in [6.45, 7) is 1.48. The van der Waals surface area contributed by atoms with Crippen LogP contribution in [0.1, 0.15) is 33.4 Å². The van der Waals surface area contributed by atoms with Crippen LogP contribution in [0.15, 0.2) is 84.9 Å². The maximum atomic E-state index is 11.0. The number of benzene rings is 4. The fourth-order valence-corrected chi connectivity index (χ4v) is 6.02. The van der Waals surface area contributed by atoms with E-state index in [1.165, 1.54) is 22.3 Å². The van der Waals surface area contributed by atoms with E-state index in [-0.39, 0.29) is 18.0 Å². The molecule has 2 heterocycles. The second kappa shape index (κ2) is 7.70. The average Bonchev–Trinajstić information content (AvgIpc) is 3.82. The van der Waals surface area contributed by atoms with E-state index >= 15 is 0 Å². The van der Waals surface area contributed by atoms with Crippen molar-refractivity contribution in [2.24, 2.45) is 0 Å². The van der Waals surface area contributed by atoms with Gasteiger partial charge in [0, 0.05) is 18.4 Å². The van der Waals surface area contributed by atoms with Gasteiger partial charge < -0.3 is 19.7 Å². The number of epoxide rings is 2. The van der Waals surface area contributed by atoms with Gasteiger partial charge in [-0.1, -0.05) is 66.7 Å². The zero-order valence-electron chi connectivity index (χ0n) is 19.3. The highest BCUT2D eigenvalue weighted by atomic mass is 16.6. The Morgan fingerprint density at radius 3 is 1.74 bits per heavy atom. The number of fused-ring (bicyclic) bond motifs is 3. The van der Waals surface area contributed by atoms with Crippen molar-refractivity contribution in [2.75, 3.05) is 13.2 Å². The molecule has 0 saturated carbocycles. The van der Waals surface area contributed by atoms with Crippen LogP contribution in [0.5, 0.6) is 11.5 Å². The Morgan fingerprint density at radius 1 is 0.629 bits per heavy atom. The van der Waals surface area contributed by atoms with Crippen molar-refractivity contribution in [3.8, 4) is 22.6 Å². The molecule has 2 fully saturated rings. The molecule has 2 unspecified atom stereocenters. The monoisotopic (exact) mass is 462 g/mol. The van der Waals surface area contributed by atoms with Crippen LogP contribution in [0.3, 0.4) is 0 Å². The summed E-state index contributed by atoms with van der Waals surface area (Å²) in [7, 11) is 0. The highest BCUT2D eigenvalue weighted by Gasteiger charge is 2.48. The lowest BCUT2D eigenvalue weighted by atomic mass is 9.65. The molecule has 0 spiro atoms. The number of ether oxygens (including phenoxy) is 2. The fraction of sp³-hybridized carbons (Fsp3) is 0.226. The fourth-order valence-electron chi connectivity index (χ4n) is 6.02. The second-order valence-electron chi connectivity index (χ2n) is 9.80. The van der Waals surface area contributed by atoms with Gasteiger partial charge in [0.05, 0.1) is 30.8 Å². The van der Waals surface area contributed by atoms with Crippen LogP contribution in [0.4, 0.5) is 0 Å². The zero-order chi connectivity index (χ0) is 23.6. The second-order valence-corrected chi connectivity index (χ2v) is 9.80. The van der Waals surface area contributed by atoms with Crippen LogP contribution in [0.25, 0.3) is 11.1 Å². The maximum absolute atomic E-state index is 11.0. The number of phenols is 2. The minimum absolute atomic E-state index is 0.155. The number of hydrogen-bond acceptors (Lipinski definition) is 4. The number of phenolic OH excluding ortho intramolecular Hbond substituents is 2. The molecule has 0 aromatic heterocycles. The summed E-state index contributed by atoms with van der Waals surface area (Å²) in [5.41, 5.74) is 8.61. The van der Waals surface area contributed by atoms with Crippen molar-refractivity contribution >= 4 is 0 Å². The summed E-state index contributed by atoms with van der Waals surface area (Å²) in [4.78, 5) is 0. The van der Waals surface area contributed by atoms with E-state index in [1.807, 2.05) is 18.2 Å². The Hall–Kier alpha value is -3.60. The van der Waals surface area contributed by atoms with Crippen LogP contribution in [-0.4, -0.2) is 35.6 Å². The molecule has 0 amide bonds. The lowest BCUT2D eigenvalue weighted by molar-refractivity contribution is 0.395. The first kappa shape index (κ1) is 20.7. The Labute approximate surface area is 204 Å². The van der Waals surface area contributed by atoms with E-state index in [0.717, 1.165) is 41.9 Å². The Balaban J connectivity index is 1.59. The molecule has 174 valence electrons. The van der Waals surface area contributed by atoms with Crippen molar-refractivity contribution in [2.45, 2.75) is 30.5 Å². The van der Waals surface area contributed by atoms with E-state index in [1.54, 1.807) is 12.1 Å². The Bertz CT molecular complexity index is 1390. The van der Waals surface area contributed by atoms with Crippen LogP contribution < -0.4 is 0 Å². The molecule has 2 N–H and O–H groups in total. The summed E-state index contributed by atoms with van der Waals surface area (Å²) < 4.78 is 11.3. The Kier molecular flexibility index (Phi) is 4.57. The molecule has 2 atom stereocenters. The molecule has 3 aliphatic rings. The summed E-state index contributed by atoms with van der Waals surface area (Å²) in [5, 5.41) is 21.2. The summed E-state index contributed by atoms with van der Waals surface area (Å²) in [5.74, 6) is 0.563. The molecule has 7 rings (SSSR count). The third-order valence-electron chi connectivity index (χ3n) is 7.73. The van der Waals surface area contributed by atoms with Gasteiger partial charge in [0.2, 0.25) is 0 Å². The molecule has 35 heavy (non-hydrogen) atoms. The SMILES string of the molecule is Oc1ccc(C2(c3ccc(O)c(CC4CO4)c3CC3CO3)c3ccccc3-c3ccccc32)cc1. The molecule has 4 aromatic carbocycles. The lowest BCUT2D eigenvalue weighted by Gasteiger charge is -2.36. The van der Waals surface area contributed by atoms with Crippen molar-refractivity contribution in [1.82, 2.24) is 0 Å². The van der Waals surface area contributed by atoms with Gasteiger partial charge in [0.15, 0.2) is 0 Å². The summed E-state index contributed by atoms with van der Waals surface area (Å²) in [6.07, 6.45) is 1.76. The molecular formula is C31H26O4. The predicted molar refractivity (Wildman–Crippen MR) is 134 cm³/mol. The van der Waals surface area contributed by atoms with E-state index in [2.05, 4.69) is 54.6 Å².